The molecule has 0 nitrogen and oxygen atoms in total. The first-order valence-corrected chi connectivity index (χ1v) is 5.31. The second kappa shape index (κ2) is 4.09. The summed E-state index contributed by atoms with van der Waals surface area (Å²) in [6, 6.07) is 2.93. The van der Waals surface area contributed by atoms with Crippen molar-refractivity contribution in [1.29, 1.82) is 0 Å². The van der Waals surface area contributed by atoms with Crippen molar-refractivity contribution in [1.82, 2.24) is 0 Å². The first kappa shape index (κ1) is 10.5. The van der Waals surface area contributed by atoms with Crippen molar-refractivity contribution in [3.8, 4) is 0 Å². The zero-order valence-electron chi connectivity index (χ0n) is 7.90. The van der Waals surface area contributed by atoms with E-state index in [0.29, 0.717) is 5.56 Å². The molecule has 0 fully saturated rings. The second-order valence-corrected chi connectivity index (χ2v) is 4.05. The molecule has 72 valence electrons. The Morgan fingerprint density at radius 3 is 2.31 bits per heavy atom. The molecule has 0 bridgehead atoms. The van der Waals surface area contributed by atoms with Crippen LogP contribution in [-0.2, 0) is 0 Å². The van der Waals surface area contributed by atoms with Crippen molar-refractivity contribution in [2.45, 2.75) is 24.7 Å². The molecule has 0 heterocycles. The Hall–Kier alpha value is -0.570. The maximum atomic E-state index is 13.2. The zero-order valence-corrected chi connectivity index (χ0v) is 8.71. The van der Waals surface area contributed by atoms with Gasteiger partial charge >= 0.3 is 0 Å². The van der Waals surface area contributed by atoms with Crippen molar-refractivity contribution < 1.29 is 8.78 Å². The number of benzene rings is 1. The van der Waals surface area contributed by atoms with Crippen LogP contribution in [0.1, 0.15) is 25.3 Å². The maximum absolute atomic E-state index is 13.2. The molecule has 0 amide bonds. The van der Waals surface area contributed by atoms with Gasteiger partial charge in [-0.2, -0.15) is 0 Å². The maximum Gasteiger partial charge on any atom is 0.162 e. The van der Waals surface area contributed by atoms with E-state index in [9.17, 15) is 8.78 Å². The van der Waals surface area contributed by atoms with E-state index in [4.69, 9.17) is 0 Å². The summed E-state index contributed by atoms with van der Waals surface area (Å²) < 4.78 is 26.2. The molecule has 0 radical (unpaired) electrons. The summed E-state index contributed by atoms with van der Waals surface area (Å²) in [7, 11) is 0. The van der Waals surface area contributed by atoms with Gasteiger partial charge in [0.1, 0.15) is 0 Å². The van der Waals surface area contributed by atoms with Crippen LogP contribution in [0.2, 0.25) is 0 Å². The van der Waals surface area contributed by atoms with Crippen LogP contribution in [0.15, 0.2) is 17.0 Å². The van der Waals surface area contributed by atoms with E-state index in [2.05, 4.69) is 0 Å². The molecule has 0 aliphatic rings. The average molecular weight is 202 g/mol. The Balaban J connectivity index is 3.25. The summed E-state index contributed by atoms with van der Waals surface area (Å²) in [6.07, 6.45) is 1.84. The van der Waals surface area contributed by atoms with Crippen LogP contribution in [-0.4, -0.2) is 6.26 Å². The van der Waals surface area contributed by atoms with E-state index in [0.717, 1.165) is 4.90 Å². The van der Waals surface area contributed by atoms with Crippen molar-refractivity contribution >= 4 is 11.8 Å². The molecule has 0 N–H and O–H groups in total. The van der Waals surface area contributed by atoms with E-state index in [1.54, 1.807) is 6.07 Å². The van der Waals surface area contributed by atoms with Crippen molar-refractivity contribution in [2.24, 2.45) is 0 Å². The van der Waals surface area contributed by atoms with Gasteiger partial charge in [0, 0.05) is 4.90 Å². The Bertz CT molecular complexity index is 308. The Morgan fingerprint density at radius 1 is 1.23 bits per heavy atom. The molecule has 3 heteroatoms. The highest BCUT2D eigenvalue weighted by molar-refractivity contribution is 7.98. The minimum Gasteiger partial charge on any atom is -0.204 e. The Labute approximate surface area is 81.3 Å². The van der Waals surface area contributed by atoms with Gasteiger partial charge in [0.15, 0.2) is 11.6 Å². The normalized spacial score (nSPS) is 10.9. The van der Waals surface area contributed by atoms with E-state index < -0.39 is 11.6 Å². The minimum atomic E-state index is -0.754. The topological polar surface area (TPSA) is 0 Å². The van der Waals surface area contributed by atoms with E-state index in [1.807, 2.05) is 20.1 Å². The predicted molar refractivity (Wildman–Crippen MR) is 52.2 cm³/mol. The number of thioether (sulfide) groups is 1. The van der Waals surface area contributed by atoms with E-state index >= 15 is 0 Å². The van der Waals surface area contributed by atoms with Gasteiger partial charge in [0.25, 0.3) is 0 Å². The summed E-state index contributed by atoms with van der Waals surface area (Å²) in [4.78, 5) is 0.766. The molecule has 0 aromatic heterocycles. The number of hydrogen-bond donors (Lipinski definition) is 0. The molecule has 1 aromatic rings. The largest absolute Gasteiger partial charge is 0.204 e. The quantitative estimate of drug-likeness (QED) is 0.657. The van der Waals surface area contributed by atoms with Crippen LogP contribution in [0.25, 0.3) is 0 Å². The molecule has 0 saturated heterocycles. The van der Waals surface area contributed by atoms with Gasteiger partial charge in [-0.3, -0.25) is 0 Å². The SMILES string of the molecule is CSc1cc(F)c(F)c(C(C)C)c1. The van der Waals surface area contributed by atoms with Gasteiger partial charge in [-0.1, -0.05) is 13.8 Å². The number of rotatable bonds is 2. The average Bonchev–Trinajstić information content (AvgIpc) is 2.09. The molecule has 0 saturated carbocycles. The molecule has 0 aliphatic carbocycles. The third-order valence-electron chi connectivity index (χ3n) is 1.89. The van der Waals surface area contributed by atoms with Crippen LogP contribution in [0, 0.1) is 11.6 Å². The molecular weight excluding hydrogens is 190 g/mol. The van der Waals surface area contributed by atoms with Crippen LogP contribution < -0.4 is 0 Å². The third-order valence-corrected chi connectivity index (χ3v) is 2.59. The molecule has 0 spiro atoms. The first-order chi connectivity index (χ1) is 6.06. The number of hydrogen-bond acceptors (Lipinski definition) is 1. The molecule has 1 aromatic carbocycles. The standard InChI is InChI=1S/C10H12F2S/c1-6(2)8-4-7(13-3)5-9(11)10(8)12/h4-6H,1-3H3. The van der Waals surface area contributed by atoms with Gasteiger partial charge in [-0.25, -0.2) is 8.78 Å². The smallest absolute Gasteiger partial charge is 0.162 e. The summed E-state index contributed by atoms with van der Waals surface area (Å²) in [5.41, 5.74) is 0.448. The third kappa shape index (κ3) is 2.21. The Kier molecular flexibility index (Phi) is 3.31. The number of halogens is 2. The predicted octanol–water partition coefficient (Wildman–Crippen LogP) is 3.81. The van der Waals surface area contributed by atoms with Crippen molar-refractivity contribution in [3.05, 3.63) is 29.3 Å². The molecular formula is C10H12F2S. The van der Waals surface area contributed by atoms with Crippen molar-refractivity contribution in [3.63, 3.8) is 0 Å². The van der Waals surface area contributed by atoms with Gasteiger partial charge in [0.05, 0.1) is 0 Å². The minimum absolute atomic E-state index is 0.0154. The lowest BCUT2D eigenvalue weighted by Gasteiger charge is -2.09. The van der Waals surface area contributed by atoms with Crippen molar-refractivity contribution in [2.75, 3.05) is 6.26 Å². The fourth-order valence-corrected chi connectivity index (χ4v) is 1.59. The molecule has 1 rings (SSSR count). The lowest BCUT2D eigenvalue weighted by Crippen LogP contribution is -1.97. The highest BCUT2D eigenvalue weighted by Crippen LogP contribution is 2.26. The van der Waals surface area contributed by atoms with Crippen LogP contribution >= 0.6 is 11.8 Å². The summed E-state index contributed by atoms with van der Waals surface area (Å²) >= 11 is 1.42. The summed E-state index contributed by atoms with van der Waals surface area (Å²) in [6.45, 7) is 3.70. The van der Waals surface area contributed by atoms with Crippen LogP contribution in [0.4, 0.5) is 8.78 Å². The highest BCUT2D eigenvalue weighted by atomic mass is 32.2. The lowest BCUT2D eigenvalue weighted by molar-refractivity contribution is 0.491. The van der Waals surface area contributed by atoms with Crippen LogP contribution in [0.5, 0.6) is 0 Å². The molecule has 0 aliphatic heterocycles. The van der Waals surface area contributed by atoms with Gasteiger partial charge < -0.3 is 0 Å². The van der Waals surface area contributed by atoms with Crippen LogP contribution in [0.3, 0.4) is 0 Å². The van der Waals surface area contributed by atoms with Gasteiger partial charge in [0.2, 0.25) is 0 Å². The lowest BCUT2D eigenvalue weighted by atomic mass is 10.0. The summed E-state index contributed by atoms with van der Waals surface area (Å²) in [5, 5.41) is 0. The van der Waals surface area contributed by atoms with Gasteiger partial charge in [-0.05, 0) is 29.9 Å². The molecule has 13 heavy (non-hydrogen) atoms. The summed E-state index contributed by atoms with van der Waals surface area (Å²) in [5.74, 6) is -1.45. The molecule has 0 unspecified atom stereocenters. The highest BCUT2D eigenvalue weighted by Gasteiger charge is 2.12. The van der Waals surface area contributed by atoms with E-state index in [1.165, 1.54) is 17.8 Å². The fourth-order valence-electron chi connectivity index (χ4n) is 1.12. The fraction of sp³-hybridized carbons (Fsp3) is 0.400. The zero-order chi connectivity index (χ0) is 10.0. The monoisotopic (exact) mass is 202 g/mol. The molecule has 0 atom stereocenters. The van der Waals surface area contributed by atoms with E-state index in [-0.39, 0.29) is 5.92 Å². The first-order valence-electron chi connectivity index (χ1n) is 4.09. The second-order valence-electron chi connectivity index (χ2n) is 3.17. The Morgan fingerprint density at radius 2 is 1.85 bits per heavy atom. The van der Waals surface area contributed by atoms with Gasteiger partial charge in [-0.15, -0.1) is 11.8 Å².